The normalized spacial score (nSPS) is 11.7. The largest absolute Gasteiger partial charge is 0.326 e. The minimum atomic E-state index is 0.608. The number of imidazole rings is 2. The Morgan fingerprint density at radius 1 is 1.05 bits per heavy atom. The molecule has 2 heterocycles. The summed E-state index contributed by atoms with van der Waals surface area (Å²) in [7, 11) is 1.97. The number of hydrazone groups is 1. The first-order valence-electron chi connectivity index (χ1n) is 6.96. The first kappa shape index (κ1) is 12.6. The fraction of sp³-hybridized carbons (Fsp3) is 0.0625. The van der Waals surface area contributed by atoms with Crippen LogP contribution in [0.2, 0.25) is 0 Å². The summed E-state index contributed by atoms with van der Waals surface area (Å²) in [5, 5.41) is 4.21. The topological polar surface area (TPSA) is 70.9 Å². The van der Waals surface area contributed by atoms with E-state index in [-0.39, 0.29) is 0 Å². The summed E-state index contributed by atoms with van der Waals surface area (Å²) in [6, 6.07) is 15.8. The van der Waals surface area contributed by atoms with Gasteiger partial charge in [0.1, 0.15) is 0 Å². The summed E-state index contributed by atoms with van der Waals surface area (Å²) in [5.74, 6) is 1.39. The van der Waals surface area contributed by atoms with E-state index in [0.717, 1.165) is 27.9 Å². The van der Waals surface area contributed by atoms with Crippen LogP contribution >= 0.6 is 0 Å². The summed E-state index contributed by atoms with van der Waals surface area (Å²) < 4.78 is 2.00. The Morgan fingerprint density at radius 3 is 2.64 bits per heavy atom. The second-order valence-corrected chi connectivity index (χ2v) is 4.99. The maximum atomic E-state index is 4.53. The molecule has 0 saturated heterocycles. The molecular formula is C16H14N6. The number of aromatic nitrogens is 4. The molecule has 0 atom stereocenters. The zero-order valence-electron chi connectivity index (χ0n) is 12.0. The van der Waals surface area contributed by atoms with Gasteiger partial charge in [0, 0.05) is 7.05 Å². The predicted octanol–water partition coefficient (Wildman–Crippen LogP) is 2.90. The Labute approximate surface area is 126 Å². The molecule has 0 aliphatic rings. The Kier molecular flexibility index (Phi) is 2.86. The Morgan fingerprint density at radius 2 is 1.82 bits per heavy atom. The maximum Gasteiger partial charge on any atom is 0.222 e. The van der Waals surface area contributed by atoms with Gasteiger partial charge in [-0.3, -0.25) is 0 Å². The molecule has 2 N–H and O–H groups in total. The smallest absolute Gasteiger partial charge is 0.222 e. The van der Waals surface area contributed by atoms with E-state index in [1.807, 2.05) is 60.1 Å². The number of nitrogens with one attached hydrogen (secondary N) is 2. The van der Waals surface area contributed by atoms with Gasteiger partial charge in [-0.2, -0.15) is 5.10 Å². The molecule has 6 nitrogen and oxygen atoms in total. The molecule has 0 saturated carbocycles. The Bertz CT molecular complexity index is 946. The summed E-state index contributed by atoms with van der Waals surface area (Å²) in [6.45, 7) is 0. The van der Waals surface area contributed by atoms with Crippen molar-refractivity contribution >= 4 is 34.2 Å². The van der Waals surface area contributed by atoms with E-state index >= 15 is 0 Å². The lowest BCUT2D eigenvalue weighted by Gasteiger charge is -1.96. The fourth-order valence-corrected chi connectivity index (χ4v) is 2.44. The number of benzene rings is 2. The lowest BCUT2D eigenvalue weighted by Crippen LogP contribution is -1.99. The first-order valence-corrected chi connectivity index (χ1v) is 6.96. The molecule has 0 spiro atoms. The summed E-state index contributed by atoms with van der Waals surface area (Å²) in [4.78, 5) is 12.1. The monoisotopic (exact) mass is 290 g/mol. The molecule has 4 rings (SSSR count). The van der Waals surface area contributed by atoms with Gasteiger partial charge in [0.2, 0.25) is 5.95 Å². The SMILES string of the molecule is Cn1c(/C=N\Nc2nc3ccccc3[nH]2)nc2ccccc21. The molecule has 4 aromatic rings. The van der Waals surface area contributed by atoms with Crippen LogP contribution in [0.1, 0.15) is 5.82 Å². The zero-order valence-corrected chi connectivity index (χ0v) is 12.0. The van der Waals surface area contributed by atoms with E-state index in [9.17, 15) is 0 Å². The van der Waals surface area contributed by atoms with Gasteiger partial charge in [-0.15, -0.1) is 0 Å². The number of rotatable bonds is 3. The van der Waals surface area contributed by atoms with E-state index in [1.54, 1.807) is 6.21 Å². The van der Waals surface area contributed by atoms with Gasteiger partial charge >= 0.3 is 0 Å². The predicted molar refractivity (Wildman–Crippen MR) is 88.0 cm³/mol. The van der Waals surface area contributed by atoms with Crippen LogP contribution in [0.4, 0.5) is 5.95 Å². The van der Waals surface area contributed by atoms with E-state index < -0.39 is 0 Å². The van der Waals surface area contributed by atoms with Gasteiger partial charge in [0.05, 0.1) is 28.3 Å². The molecule has 0 aliphatic heterocycles. The molecule has 22 heavy (non-hydrogen) atoms. The summed E-state index contributed by atoms with van der Waals surface area (Å²) in [5.41, 5.74) is 6.81. The average molecular weight is 290 g/mol. The minimum absolute atomic E-state index is 0.608. The highest BCUT2D eigenvalue weighted by Crippen LogP contribution is 2.14. The molecule has 6 heteroatoms. The fourth-order valence-electron chi connectivity index (χ4n) is 2.44. The molecule has 2 aromatic carbocycles. The highest BCUT2D eigenvalue weighted by atomic mass is 15.4. The molecule has 0 bridgehead atoms. The van der Waals surface area contributed by atoms with Crippen LogP contribution in [0.5, 0.6) is 0 Å². The van der Waals surface area contributed by atoms with Crippen LogP contribution in [0.3, 0.4) is 0 Å². The van der Waals surface area contributed by atoms with Crippen molar-refractivity contribution in [2.75, 3.05) is 5.43 Å². The Balaban J connectivity index is 1.59. The van der Waals surface area contributed by atoms with Crippen LogP contribution in [-0.2, 0) is 7.05 Å². The maximum absolute atomic E-state index is 4.53. The molecule has 108 valence electrons. The second kappa shape index (κ2) is 5.00. The van der Waals surface area contributed by atoms with Crippen LogP contribution in [-0.4, -0.2) is 25.7 Å². The highest BCUT2D eigenvalue weighted by molar-refractivity contribution is 5.85. The van der Waals surface area contributed by atoms with Crippen molar-refractivity contribution in [2.45, 2.75) is 0 Å². The second-order valence-electron chi connectivity index (χ2n) is 4.99. The van der Waals surface area contributed by atoms with Gasteiger partial charge in [-0.1, -0.05) is 24.3 Å². The Hall–Kier alpha value is -3.15. The summed E-state index contributed by atoms with van der Waals surface area (Å²) >= 11 is 0. The van der Waals surface area contributed by atoms with Crippen LogP contribution in [0.15, 0.2) is 53.6 Å². The van der Waals surface area contributed by atoms with Crippen molar-refractivity contribution < 1.29 is 0 Å². The molecule has 0 aliphatic carbocycles. The van der Waals surface area contributed by atoms with Crippen molar-refractivity contribution in [3.05, 3.63) is 54.4 Å². The molecule has 0 radical (unpaired) electrons. The van der Waals surface area contributed by atoms with Crippen LogP contribution in [0.25, 0.3) is 22.1 Å². The third-order valence-electron chi connectivity index (χ3n) is 3.56. The molecule has 0 fully saturated rings. The number of nitrogens with zero attached hydrogens (tertiary/aromatic N) is 4. The molecule has 0 unspecified atom stereocenters. The lowest BCUT2D eigenvalue weighted by molar-refractivity contribution is 0.933. The zero-order chi connectivity index (χ0) is 14.9. The third kappa shape index (κ3) is 2.10. The number of aryl methyl sites for hydroxylation is 1. The van der Waals surface area contributed by atoms with Crippen molar-refractivity contribution in [1.82, 2.24) is 19.5 Å². The average Bonchev–Trinajstić information content (AvgIpc) is 3.09. The van der Waals surface area contributed by atoms with Crippen molar-refractivity contribution in [3.8, 4) is 0 Å². The van der Waals surface area contributed by atoms with Gasteiger partial charge in [-0.25, -0.2) is 15.4 Å². The lowest BCUT2D eigenvalue weighted by atomic mass is 10.3. The number of aromatic amines is 1. The number of fused-ring (bicyclic) bond motifs is 2. The van der Waals surface area contributed by atoms with Gasteiger partial charge < -0.3 is 9.55 Å². The first-order chi connectivity index (χ1) is 10.8. The van der Waals surface area contributed by atoms with E-state index in [4.69, 9.17) is 0 Å². The van der Waals surface area contributed by atoms with E-state index in [1.165, 1.54) is 0 Å². The van der Waals surface area contributed by atoms with E-state index in [0.29, 0.717) is 5.95 Å². The van der Waals surface area contributed by atoms with Crippen LogP contribution < -0.4 is 5.43 Å². The molecule has 0 amide bonds. The van der Waals surface area contributed by atoms with Gasteiger partial charge in [0.15, 0.2) is 5.82 Å². The van der Waals surface area contributed by atoms with E-state index in [2.05, 4.69) is 25.5 Å². The number of para-hydroxylation sites is 4. The van der Waals surface area contributed by atoms with Crippen molar-refractivity contribution in [3.63, 3.8) is 0 Å². The highest BCUT2D eigenvalue weighted by Gasteiger charge is 2.04. The van der Waals surface area contributed by atoms with Crippen molar-refractivity contribution in [2.24, 2.45) is 12.1 Å². The van der Waals surface area contributed by atoms with Crippen molar-refractivity contribution in [1.29, 1.82) is 0 Å². The number of hydrogen-bond acceptors (Lipinski definition) is 4. The third-order valence-corrected chi connectivity index (χ3v) is 3.56. The van der Waals surface area contributed by atoms with Gasteiger partial charge in [0.25, 0.3) is 0 Å². The minimum Gasteiger partial charge on any atom is -0.326 e. The quantitative estimate of drug-likeness (QED) is 0.450. The standard InChI is InChI=1S/C16H14N6/c1-22-14-9-5-4-8-13(14)18-15(22)10-17-21-16-19-11-6-2-3-7-12(11)20-16/h2-10H,1H3,(H2,19,20,21)/b17-10-. The number of H-pyrrole nitrogens is 1. The van der Waals surface area contributed by atoms with Gasteiger partial charge in [-0.05, 0) is 24.3 Å². The van der Waals surface area contributed by atoms with Crippen LogP contribution in [0, 0.1) is 0 Å². The molecular weight excluding hydrogens is 276 g/mol. The number of anilines is 1. The summed E-state index contributed by atoms with van der Waals surface area (Å²) in [6.07, 6.45) is 1.69. The number of hydrogen-bond donors (Lipinski definition) is 2. The molecule has 2 aromatic heterocycles.